The summed E-state index contributed by atoms with van der Waals surface area (Å²) in [7, 11) is -3.72. The van der Waals surface area contributed by atoms with Crippen LogP contribution in [0.25, 0.3) is 0 Å². The second-order valence-electron chi connectivity index (χ2n) is 9.77. The zero-order chi connectivity index (χ0) is 29.6. The third-order valence-electron chi connectivity index (χ3n) is 6.58. The first kappa shape index (κ1) is 30.3. The number of hydrogen-bond acceptors (Lipinski definition) is 5. The lowest BCUT2D eigenvalue weighted by Gasteiger charge is -2.22. The highest BCUT2D eigenvalue weighted by molar-refractivity contribution is 7.94. The average molecular weight is 583 g/mol. The fourth-order valence-electron chi connectivity index (χ4n) is 4.32. The molecule has 2 atom stereocenters. The first-order valence-electron chi connectivity index (χ1n) is 13.7. The van der Waals surface area contributed by atoms with E-state index < -0.39 is 33.9 Å². The van der Waals surface area contributed by atoms with Gasteiger partial charge in [-0.1, -0.05) is 115 Å². The molecule has 4 aromatic rings. The zero-order valence-corrected chi connectivity index (χ0v) is 24.0. The summed E-state index contributed by atoms with van der Waals surface area (Å²) in [6.07, 6.45) is 2.06. The number of carbonyl (C=O) groups excluding carboxylic acids is 2. The van der Waals surface area contributed by atoms with E-state index in [2.05, 4.69) is 10.6 Å². The second kappa shape index (κ2) is 15.3. The molecule has 0 aliphatic carbocycles. The van der Waals surface area contributed by atoms with Crippen LogP contribution in [0.3, 0.4) is 0 Å². The largest absolute Gasteiger partial charge is 0.445 e. The topological polar surface area (TPSA) is 102 Å². The molecule has 0 fully saturated rings. The number of benzene rings is 4. The van der Waals surface area contributed by atoms with Crippen molar-refractivity contribution >= 4 is 21.8 Å². The average Bonchev–Trinajstić information content (AvgIpc) is 3.03. The Balaban J connectivity index is 1.50. The molecule has 8 heteroatoms. The molecule has 2 amide bonds. The van der Waals surface area contributed by atoms with E-state index in [1.807, 2.05) is 91.0 Å². The van der Waals surface area contributed by atoms with Gasteiger partial charge in [0.05, 0.1) is 4.90 Å². The quantitative estimate of drug-likeness (QED) is 0.213. The number of amides is 2. The van der Waals surface area contributed by atoms with E-state index in [1.54, 1.807) is 18.2 Å². The summed E-state index contributed by atoms with van der Waals surface area (Å²) in [5.41, 5.74) is 2.73. The van der Waals surface area contributed by atoms with E-state index in [1.165, 1.54) is 18.2 Å². The number of rotatable bonds is 13. The van der Waals surface area contributed by atoms with Gasteiger partial charge in [-0.15, -0.1) is 0 Å². The first-order valence-corrected chi connectivity index (χ1v) is 15.3. The van der Waals surface area contributed by atoms with Gasteiger partial charge in [0.1, 0.15) is 12.6 Å². The molecule has 42 heavy (non-hydrogen) atoms. The molecule has 0 bridgehead atoms. The van der Waals surface area contributed by atoms with Crippen LogP contribution in [-0.4, -0.2) is 32.5 Å². The van der Waals surface area contributed by atoms with Crippen molar-refractivity contribution in [2.75, 3.05) is 0 Å². The van der Waals surface area contributed by atoms with Gasteiger partial charge in [0.15, 0.2) is 9.84 Å². The molecule has 0 radical (unpaired) electrons. The Morgan fingerprint density at radius 3 is 1.81 bits per heavy atom. The molecule has 7 nitrogen and oxygen atoms in total. The molecule has 0 aliphatic heterocycles. The van der Waals surface area contributed by atoms with Gasteiger partial charge < -0.3 is 15.4 Å². The second-order valence-corrected chi connectivity index (χ2v) is 11.6. The van der Waals surface area contributed by atoms with Gasteiger partial charge >= 0.3 is 6.09 Å². The van der Waals surface area contributed by atoms with E-state index in [9.17, 15) is 18.0 Å². The Hall–Kier alpha value is -4.69. The molecular weight excluding hydrogens is 548 g/mol. The van der Waals surface area contributed by atoms with Gasteiger partial charge in [-0.3, -0.25) is 4.79 Å². The summed E-state index contributed by atoms with van der Waals surface area (Å²) in [5.74, 6) is -0.449. The first-order chi connectivity index (χ1) is 20.4. The predicted octanol–water partition coefficient (Wildman–Crippen LogP) is 5.63. The third kappa shape index (κ3) is 9.74. The number of carbonyl (C=O) groups is 2. The highest BCUT2D eigenvalue weighted by atomic mass is 32.2. The van der Waals surface area contributed by atoms with Crippen molar-refractivity contribution in [3.8, 4) is 0 Å². The van der Waals surface area contributed by atoms with E-state index in [0.29, 0.717) is 12.8 Å². The van der Waals surface area contributed by atoms with Crippen LogP contribution in [0.2, 0.25) is 0 Å². The molecule has 0 saturated heterocycles. The van der Waals surface area contributed by atoms with Crippen LogP contribution in [0.15, 0.2) is 138 Å². The summed E-state index contributed by atoms with van der Waals surface area (Å²) < 4.78 is 31.2. The van der Waals surface area contributed by atoms with E-state index in [0.717, 1.165) is 22.1 Å². The van der Waals surface area contributed by atoms with Crippen molar-refractivity contribution in [1.29, 1.82) is 0 Å². The van der Waals surface area contributed by atoms with Crippen molar-refractivity contribution in [3.05, 3.63) is 150 Å². The van der Waals surface area contributed by atoms with Crippen LogP contribution in [0, 0.1) is 0 Å². The molecule has 0 aliphatic rings. The number of aryl methyl sites for hydroxylation is 1. The Morgan fingerprint density at radius 1 is 0.690 bits per heavy atom. The fourth-order valence-corrected chi connectivity index (χ4v) is 5.41. The van der Waals surface area contributed by atoms with Crippen LogP contribution in [0.1, 0.15) is 23.1 Å². The summed E-state index contributed by atoms with van der Waals surface area (Å²) in [5, 5.41) is 6.78. The molecule has 216 valence electrons. The highest BCUT2D eigenvalue weighted by Crippen LogP contribution is 2.14. The van der Waals surface area contributed by atoms with Crippen LogP contribution in [0.5, 0.6) is 0 Å². The maximum absolute atomic E-state index is 13.6. The fraction of sp³-hybridized carbons (Fsp3) is 0.176. The minimum atomic E-state index is -3.72. The Morgan fingerprint density at radius 2 is 1.21 bits per heavy atom. The minimum Gasteiger partial charge on any atom is -0.445 e. The molecule has 0 aromatic heterocycles. The normalized spacial score (nSPS) is 12.8. The van der Waals surface area contributed by atoms with Crippen molar-refractivity contribution in [2.45, 2.75) is 42.8 Å². The lowest BCUT2D eigenvalue weighted by Crippen LogP contribution is -2.50. The number of sulfone groups is 1. The minimum absolute atomic E-state index is 0.0616. The molecule has 4 aromatic carbocycles. The smallest absolute Gasteiger partial charge is 0.408 e. The molecule has 0 saturated carbocycles. The van der Waals surface area contributed by atoms with Crippen molar-refractivity contribution < 1.29 is 22.7 Å². The van der Waals surface area contributed by atoms with Gasteiger partial charge in [-0.05, 0) is 41.7 Å². The SMILES string of the molecule is O=C(N[C@@H](Cc1ccccc1)C(=O)N[C@@H](/C=C/S(=O)(=O)c1ccccc1)CCc1ccccc1)OCc1ccccc1. The summed E-state index contributed by atoms with van der Waals surface area (Å²) in [4.78, 5) is 26.5. The Bertz CT molecular complexity index is 1550. The van der Waals surface area contributed by atoms with Crippen LogP contribution < -0.4 is 10.6 Å². The van der Waals surface area contributed by atoms with Crippen LogP contribution in [-0.2, 0) is 38.8 Å². The highest BCUT2D eigenvalue weighted by Gasteiger charge is 2.24. The number of alkyl carbamates (subject to hydrolysis) is 1. The number of hydrogen-bond donors (Lipinski definition) is 2. The van der Waals surface area contributed by atoms with E-state index >= 15 is 0 Å². The van der Waals surface area contributed by atoms with Gasteiger partial charge in [0.2, 0.25) is 5.91 Å². The molecule has 0 heterocycles. The van der Waals surface area contributed by atoms with E-state index in [-0.39, 0.29) is 17.9 Å². The molecular formula is C34H34N2O5S. The van der Waals surface area contributed by atoms with Crippen LogP contribution in [0.4, 0.5) is 4.79 Å². The summed E-state index contributed by atoms with van der Waals surface area (Å²) in [6.45, 7) is 0.0616. The number of ether oxygens (including phenoxy) is 1. The van der Waals surface area contributed by atoms with Crippen molar-refractivity contribution in [3.63, 3.8) is 0 Å². The molecule has 0 spiro atoms. The number of nitrogens with one attached hydrogen (secondary N) is 2. The maximum atomic E-state index is 13.6. The van der Waals surface area contributed by atoms with Gasteiger partial charge in [-0.2, -0.15) is 0 Å². The Labute approximate surface area is 247 Å². The lowest BCUT2D eigenvalue weighted by atomic mass is 10.0. The monoisotopic (exact) mass is 582 g/mol. The van der Waals surface area contributed by atoms with Crippen molar-refractivity contribution in [2.24, 2.45) is 0 Å². The Kier molecular flexibility index (Phi) is 11.1. The molecule has 2 N–H and O–H groups in total. The lowest BCUT2D eigenvalue weighted by molar-refractivity contribution is -0.123. The standard InChI is InChI=1S/C34H34N2O5S/c37-33(32(25-28-15-7-2-8-16-28)36-34(38)41-26-29-17-9-3-10-18-29)35-30(22-21-27-13-5-1-6-14-27)23-24-42(39,40)31-19-11-4-12-20-31/h1-20,23-24,30,32H,21-22,25-26H2,(H,35,37)(H,36,38)/b24-23+/t30-,32+/m1/s1. The van der Waals surface area contributed by atoms with Gasteiger partial charge in [-0.25, -0.2) is 13.2 Å². The summed E-state index contributed by atoms with van der Waals surface area (Å²) in [6, 6.07) is 34.9. The predicted molar refractivity (Wildman–Crippen MR) is 163 cm³/mol. The molecule has 0 unspecified atom stereocenters. The summed E-state index contributed by atoms with van der Waals surface area (Å²) >= 11 is 0. The zero-order valence-electron chi connectivity index (χ0n) is 23.1. The maximum Gasteiger partial charge on any atom is 0.408 e. The molecule has 4 rings (SSSR count). The third-order valence-corrected chi connectivity index (χ3v) is 8.02. The van der Waals surface area contributed by atoms with Gasteiger partial charge in [0.25, 0.3) is 0 Å². The van der Waals surface area contributed by atoms with Crippen LogP contribution >= 0.6 is 0 Å². The van der Waals surface area contributed by atoms with E-state index in [4.69, 9.17) is 4.74 Å². The van der Waals surface area contributed by atoms with Crippen molar-refractivity contribution in [1.82, 2.24) is 10.6 Å². The van der Waals surface area contributed by atoms with Gasteiger partial charge in [0, 0.05) is 17.9 Å².